The van der Waals surface area contributed by atoms with E-state index in [9.17, 15) is 13.2 Å². The molecule has 0 aliphatic rings. The Morgan fingerprint density at radius 2 is 1.95 bits per heavy atom. The van der Waals surface area contributed by atoms with Crippen LogP contribution in [0.5, 0.6) is 0 Å². The quantitative estimate of drug-likeness (QED) is 0.761. The van der Waals surface area contributed by atoms with Gasteiger partial charge >= 0.3 is 0 Å². The minimum absolute atomic E-state index is 0.0120. The second-order valence-electron chi connectivity index (χ2n) is 3.65. The molecular formula is C11H12N4O3S. The van der Waals surface area contributed by atoms with Crippen LogP contribution in [0.15, 0.2) is 41.4 Å². The van der Waals surface area contributed by atoms with E-state index in [2.05, 4.69) is 20.2 Å². The highest BCUT2D eigenvalue weighted by Crippen LogP contribution is 2.17. The van der Waals surface area contributed by atoms with E-state index in [1.807, 2.05) is 0 Å². The maximum atomic E-state index is 12.1. The summed E-state index contributed by atoms with van der Waals surface area (Å²) >= 11 is 0. The molecule has 2 rings (SSSR count). The molecule has 2 aromatic rings. The number of H-pyrrole nitrogens is 1. The SMILES string of the molecule is CNC(=O)c1n[nH]cc1NS(=O)(=O)c1ccccc1. The number of aromatic amines is 1. The number of rotatable bonds is 4. The Morgan fingerprint density at radius 1 is 1.26 bits per heavy atom. The van der Waals surface area contributed by atoms with Crippen molar-refractivity contribution < 1.29 is 13.2 Å². The van der Waals surface area contributed by atoms with Crippen molar-refractivity contribution in [3.05, 3.63) is 42.2 Å². The molecule has 0 saturated heterocycles. The number of aromatic nitrogens is 2. The van der Waals surface area contributed by atoms with Gasteiger partial charge in [0.05, 0.1) is 10.6 Å². The second kappa shape index (κ2) is 5.11. The van der Waals surface area contributed by atoms with Gasteiger partial charge in [-0.05, 0) is 12.1 Å². The maximum absolute atomic E-state index is 12.1. The first-order valence-electron chi connectivity index (χ1n) is 5.38. The topological polar surface area (TPSA) is 104 Å². The van der Waals surface area contributed by atoms with Crippen LogP contribution < -0.4 is 10.0 Å². The summed E-state index contributed by atoms with van der Waals surface area (Å²) in [5.74, 6) is -0.480. The lowest BCUT2D eigenvalue weighted by molar-refractivity contribution is 0.0959. The Kier molecular flexibility index (Phi) is 3.52. The van der Waals surface area contributed by atoms with Gasteiger partial charge in [-0.25, -0.2) is 8.42 Å². The van der Waals surface area contributed by atoms with Crippen LogP contribution in [0, 0.1) is 0 Å². The molecule has 0 aliphatic carbocycles. The normalized spacial score (nSPS) is 11.0. The van der Waals surface area contributed by atoms with E-state index < -0.39 is 15.9 Å². The average Bonchev–Trinajstić information content (AvgIpc) is 2.86. The number of amides is 1. The fraction of sp³-hybridized carbons (Fsp3) is 0.0909. The predicted molar refractivity (Wildman–Crippen MR) is 69.2 cm³/mol. The molecule has 0 atom stereocenters. The lowest BCUT2D eigenvalue weighted by atomic mass is 10.3. The Labute approximate surface area is 110 Å². The van der Waals surface area contributed by atoms with Crippen LogP contribution in [0.2, 0.25) is 0 Å². The molecule has 1 aromatic carbocycles. The van der Waals surface area contributed by atoms with Crippen LogP contribution in [-0.4, -0.2) is 31.6 Å². The molecule has 0 unspecified atom stereocenters. The van der Waals surface area contributed by atoms with Crippen molar-refractivity contribution in [2.75, 3.05) is 11.8 Å². The van der Waals surface area contributed by atoms with E-state index in [-0.39, 0.29) is 16.3 Å². The molecule has 19 heavy (non-hydrogen) atoms. The maximum Gasteiger partial charge on any atom is 0.273 e. The van der Waals surface area contributed by atoms with Gasteiger partial charge in [-0.3, -0.25) is 14.6 Å². The third-order valence-corrected chi connectivity index (χ3v) is 3.76. The summed E-state index contributed by atoms with van der Waals surface area (Å²) in [6, 6.07) is 7.87. The third kappa shape index (κ3) is 2.74. The van der Waals surface area contributed by atoms with Gasteiger partial charge in [0.25, 0.3) is 15.9 Å². The standard InChI is InChI=1S/C11H12N4O3S/c1-12-11(16)10-9(7-13-14-10)15-19(17,18)8-5-3-2-4-6-8/h2-7,15H,1H3,(H,12,16)(H,13,14). The summed E-state index contributed by atoms with van der Waals surface area (Å²) < 4.78 is 26.5. The summed E-state index contributed by atoms with van der Waals surface area (Å²) in [6.45, 7) is 0. The summed E-state index contributed by atoms with van der Waals surface area (Å²) in [5, 5.41) is 8.53. The number of hydrogen-bond donors (Lipinski definition) is 3. The van der Waals surface area contributed by atoms with Crippen LogP contribution in [0.1, 0.15) is 10.5 Å². The van der Waals surface area contributed by atoms with Gasteiger partial charge < -0.3 is 5.32 Å². The molecule has 0 bridgehead atoms. The number of anilines is 1. The minimum Gasteiger partial charge on any atom is -0.354 e. The molecule has 100 valence electrons. The number of benzene rings is 1. The minimum atomic E-state index is -3.74. The number of nitrogens with zero attached hydrogens (tertiary/aromatic N) is 1. The number of nitrogens with one attached hydrogen (secondary N) is 3. The summed E-state index contributed by atoms with van der Waals surface area (Å²) in [7, 11) is -2.30. The molecule has 8 heteroatoms. The lowest BCUT2D eigenvalue weighted by Gasteiger charge is -2.07. The van der Waals surface area contributed by atoms with Crippen molar-refractivity contribution in [3.8, 4) is 0 Å². The Hall–Kier alpha value is -2.35. The summed E-state index contributed by atoms with van der Waals surface area (Å²) in [5.41, 5.74) is 0.0882. The van der Waals surface area contributed by atoms with E-state index in [1.54, 1.807) is 18.2 Å². The summed E-state index contributed by atoms with van der Waals surface area (Å²) in [4.78, 5) is 11.6. The van der Waals surface area contributed by atoms with Crippen LogP contribution in [0.25, 0.3) is 0 Å². The highest BCUT2D eigenvalue weighted by atomic mass is 32.2. The van der Waals surface area contributed by atoms with E-state index >= 15 is 0 Å². The molecular weight excluding hydrogens is 268 g/mol. The van der Waals surface area contributed by atoms with Gasteiger partial charge in [-0.2, -0.15) is 5.10 Å². The number of sulfonamides is 1. The van der Waals surface area contributed by atoms with Crippen LogP contribution in [0.4, 0.5) is 5.69 Å². The molecule has 0 fully saturated rings. The zero-order chi connectivity index (χ0) is 13.9. The monoisotopic (exact) mass is 280 g/mol. The zero-order valence-electron chi connectivity index (χ0n) is 10.0. The molecule has 3 N–H and O–H groups in total. The van der Waals surface area contributed by atoms with E-state index in [1.165, 1.54) is 25.4 Å². The van der Waals surface area contributed by atoms with Crippen LogP contribution in [0.3, 0.4) is 0 Å². The molecule has 0 saturated carbocycles. The highest BCUT2D eigenvalue weighted by Gasteiger charge is 2.19. The van der Waals surface area contributed by atoms with E-state index in [0.29, 0.717) is 0 Å². The smallest absolute Gasteiger partial charge is 0.273 e. The number of carbonyl (C=O) groups is 1. The molecule has 0 radical (unpaired) electrons. The van der Waals surface area contributed by atoms with Crippen molar-refractivity contribution in [1.29, 1.82) is 0 Å². The van der Waals surface area contributed by atoms with Crippen molar-refractivity contribution in [3.63, 3.8) is 0 Å². The molecule has 0 aliphatic heterocycles. The Balaban J connectivity index is 2.32. The van der Waals surface area contributed by atoms with E-state index in [4.69, 9.17) is 0 Å². The molecule has 7 nitrogen and oxygen atoms in total. The molecule has 1 heterocycles. The molecule has 1 aromatic heterocycles. The van der Waals surface area contributed by atoms with Crippen molar-refractivity contribution in [1.82, 2.24) is 15.5 Å². The second-order valence-corrected chi connectivity index (χ2v) is 5.33. The van der Waals surface area contributed by atoms with Crippen LogP contribution in [-0.2, 0) is 10.0 Å². The van der Waals surface area contributed by atoms with Gasteiger partial charge in [0.1, 0.15) is 0 Å². The zero-order valence-corrected chi connectivity index (χ0v) is 10.9. The predicted octanol–water partition coefficient (Wildman–Crippen LogP) is 0.570. The molecule has 1 amide bonds. The average molecular weight is 280 g/mol. The van der Waals surface area contributed by atoms with Crippen LogP contribution >= 0.6 is 0 Å². The first-order chi connectivity index (χ1) is 9.04. The lowest BCUT2D eigenvalue weighted by Crippen LogP contribution is -2.21. The van der Waals surface area contributed by atoms with Crippen molar-refractivity contribution >= 4 is 21.6 Å². The van der Waals surface area contributed by atoms with Gasteiger partial charge in [0.2, 0.25) is 0 Å². The van der Waals surface area contributed by atoms with Crippen molar-refractivity contribution in [2.45, 2.75) is 4.90 Å². The largest absolute Gasteiger partial charge is 0.354 e. The fourth-order valence-corrected chi connectivity index (χ4v) is 2.54. The summed E-state index contributed by atoms with van der Waals surface area (Å²) in [6.07, 6.45) is 1.31. The van der Waals surface area contributed by atoms with Gasteiger partial charge in [0, 0.05) is 13.2 Å². The number of hydrogen-bond acceptors (Lipinski definition) is 4. The Bertz CT molecular complexity index is 679. The number of carbonyl (C=O) groups excluding carboxylic acids is 1. The van der Waals surface area contributed by atoms with E-state index in [0.717, 1.165) is 0 Å². The first-order valence-corrected chi connectivity index (χ1v) is 6.86. The fourth-order valence-electron chi connectivity index (χ4n) is 1.46. The Morgan fingerprint density at radius 3 is 2.58 bits per heavy atom. The van der Waals surface area contributed by atoms with Gasteiger partial charge in [-0.1, -0.05) is 18.2 Å². The molecule has 0 spiro atoms. The highest BCUT2D eigenvalue weighted by molar-refractivity contribution is 7.92. The van der Waals surface area contributed by atoms with Gasteiger partial charge in [0.15, 0.2) is 5.69 Å². The first kappa shape index (κ1) is 13.1. The van der Waals surface area contributed by atoms with Crippen molar-refractivity contribution in [2.24, 2.45) is 0 Å². The van der Waals surface area contributed by atoms with Gasteiger partial charge in [-0.15, -0.1) is 0 Å². The third-order valence-electron chi connectivity index (χ3n) is 2.38.